The Kier molecular flexibility index (Phi) is 7.28. The molecular formula is C17H20N2O. The molecule has 0 aliphatic carbocycles. The first-order valence-electron chi connectivity index (χ1n) is 6.42. The van der Waals surface area contributed by atoms with Crippen molar-refractivity contribution in [2.45, 2.75) is 6.54 Å². The van der Waals surface area contributed by atoms with Crippen molar-refractivity contribution in [3.63, 3.8) is 0 Å². The monoisotopic (exact) mass is 268 g/mol. The van der Waals surface area contributed by atoms with Gasteiger partial charge in [-0.25, -0.2) is 4.79 Å². The molecule has 0 atom stereocenters. The summed E-state index contributed by atoms with van der Waals surface area (Å²) in [6.45, 7) is 8.21. The molecule has 3 heteroatoms. The van der Waals surface area contributed by atoms with E-state index in [1.54, 1.807) is 12.2 Å². The van der Waals surface area contributed by atoms with Gasteiger partial charge in [-0.3, -0.25) is 0 Å². The summed E-state index contributed by atoms with van der Waals surface area (Å²) in [4.78, 5) is 11.7. The molecule has 0 saturated carbocycles. The van der Waals surface area contributed by atoms with E-state index in [9.17, 15) is 4.79 Å². The summed E-state index contributed by atoms with van der Waals surface area (Å²) in [6.07, 6.45) is 8.92. The van der Waals surface area contributed by atoms with E-state index in [1.165, 1.54) is 0 Å². The Balaban J connectivity index is 2.38. The summed E-state index contributed by atoms with van der Waals surface area (Å²) in [5.74, 6) is 0. The van der Waals surface area contributed by atoms with Gasteiger partial charge < -0.3 is 10.6 Å². The Labute approximate surface area is 120 Å². The Morgan fingerprint density at radius 3 is 2.50 bits per heavy atom. The summed E-state index contributed by atoms with van der Waals surface area (Å²) >= 11 is 0. The molecule has 0 aliphatic rings. The molecule has 3 nitrogen and oxygen atoms in total. The van der Waals surface area contributed by atoms with Crippen LogP contribution in [-0.4, -0.2) is 12.6 Å². The molecule has 0 spiro atoms. The van der Waals surface area contributed by atoms with Crippen LogP contribution in [0.15, 0.2) is 79.4 Å². The molecule has 1 rings (SSSR count). The van der Waals surface area contributed by atoms with Gasteiger partial charge in [-0.05, 0) is 11.1 Å². The van der Waals surface area contributed by atoms with Gasteiger partial charge in [0.25, 0.3) is 0 Å². The van der Waals surface area contributed by atoms with Crippen molar-refractivity contribution in [3.8, 4) is 0 Å². The SMILES string of the molecule is C=C/C=C\C(=C/C=C)CNC(=O)NCc1ccccc1. The zero-order chi connectivity index (χ0) is 14.6. The third-order valence-electron chi connectivity index (χ3n) is 2.53. The highest BCUT2D eigenvalue weighted by Crippen LogP contribution is 1.98. The van der Waals surface area contributed by atoms with E-state index in [0.29, 0.717) is 13.1 Å². The molecule has 0 radical (unpaired) electrons. The minimum absolute atomic E-state index is 0.198. The van der Waals surface area contributed by atoms with Gasteiger partial charge in [-0.1, -0.05) is 73.9 Å². The maximum absolute atomic E-state index is 11.7. The average molecular weight is 268 g/mol. The standard InChI is InChI=1S/C17H20N2O/c1-3-5-10-15(9-4-2)13-18-17(20)19-14-16-11-7-6-8-12-16/h3-12H,1-2,13-14H2,(H2,18,19,20)/b10-5-,15-9+. The minimum Gasteiger partial charge on any atom is -0.334 e. The number of hydrogen-bond donors (Lipinski definition) is 2. The van der Waals surface area contributed by atoms with Crippen LogP contribution < -0.4 is 10.6 Å². The first-order chi connectivity index (χ1) is 9.76. The van der Waals surface area contributed by atoms with Crippen molar-refractivity contribution in [1.82, 2.24) is 10.6 Å². The highest BCUT2D eigenvalue weighted by molar-refractivity contribution is 5.74. The summed E-state index contributed by atoms with van der Waals surface area (Å²) in [5, 5.41) is 5.60. The second kappa shape index (κ2) is 9.39. The van der Waals surface area contributed by atoms with Crippen molar-refractivity contribution in [2.75, 3.05) is 6.54 Å². The van der Waals surface area contributed by atoms with Gasteiger partial charge in [0, 0.05) is 13.1 Å². The van der Waals surface area contributed by atoms with Crippen LogP contribution in [-0.2, 0) is 6.54 Å². The lowest BCUT2D eigenvalue weighted by atomic mass is 10.2. The Hall–Kier alpha value is -2.55. The van der Waals surface area contributed by atoms with Crippen molar-refractivity contribution >= 4 is 6.03 Å². The van der Waals surface area contributed by atoms with Crippen LogP contribution >= 0.6 is 0 Å². The number of benzene rings is 1. The molecule has 0 heterocycles. The lowest BCUT2D eigenvalue weighted by Crippen LogP contribution is -2.35. The number of urea groups is 1. The van der Waals surface area contributed by atoms with E-state index in [0.717, 1.165) is 11.1 Å². The molecule has 0 unspecified atom stereocenters. The van der Waals surface area contributed by atoms with Gasteiger partial charge >= 0.3 is 6.03 Å². The van der Waals surface area contributed by atoms with Crippen LogP contribution in [0.4, 0.5) is 4.79 Å². The van der Waals surface area contributed by atoms with Crippen LogP contribution in [0.2, 0.25) is 0 Å². The quantitative estimate of drug-likeness (QED) is 0.732. The molecule has 0 fully saturated rings. The van der Waals surface area contributed by atoms with Crippen molar-refractivity contribution in [2.24, 2.45) is 0 Å². The molecule has 0 aliphatic heterocycles. The summed E-state index contributed by atoms with van der Waals surface area (Å²) in [6, 6.07) is 9.57. The number of hydrogen-bond acceptors (Lipinski definition) is 1. The van der Waals surface area contributed by atoms with Gasteiger partial charge in [0.15, 0.2) is 0 Å². The van der Waals surface area contributed by atoms with Gasteiger partial charge in [0.1, 0.15) is 0 Å². The van der Waals surface area contributed by atoms with Crippen LogP contribution in [0.1, 0.15) is 5.56 Å². The molecule has 2 amide bonds. The lowest BCUT2D eigenvalue weighted by molar-refractivity contribution is 0.241. The first kappa shape index (κ1) is 15.5. The fraction of sp³-hybridized carbons (Fsp3) is 0.118. The Morgan fingerprint density at radius 1 is 1.10 bits per heavy atom. The summed E-state index contributed by atoms with van der Waals surface area (Å²) in [5.41, 5.74) is 2.02. The van der Waals surface area contributed by atoms with Crippen molar-refractivity contribution in [1.29, 1.82) is 0 Å². The van der Waals surface area contributed by atoms with Crippen LogP contribution in [0, 0.1) is 0 Å². The van der Waals surface area contributed by atoms with Crippen LogP contribution in [0.3, 0.4) is 0 Å². The lowest BCUT2D eigenvalue weighted by Gasteiger charge is -2.08. The maximum Gasteiger partial charge on any atom is 0.315 e. The Bertz CT molecular complexity index is 501. The second-order valence-electron chi connectivity index (χ2n) is 4.09. The molecule has 104 valence electrons. The topological polar surface area (TPSA) is 41.1 Å². The van der Waals surface area contributed by atoms with E-state index < -0.39 is 0 Å². The molecule has 0 bridgehead atoms. The van der Waals surface area contributed by atoms with Gasteiger partial charge in [0.2, 0.25) is 0 Å². The van der Waals surface area contributed by atoms with Gasteiger partial charge in [0.05, 0.1) is 0 Å². The number of amides is 2. The summed E-state index contributed by atoms with van der Waals surface area (Å²) < 4.78 is 0. The van der Waals surface area contributed by atoms with E-state index in [2.05, 4.69) is 23.8 Å². The van der Waals surface area contributed by atoms with Crippen molar-refractivity contribution in [3.05, 3.63) is 85.0 Å². The third-order valence-corrected chi connectivity index (χ3v) is 2.53. The smallest absolute Gasteiger partial charge is 0.315 e. The van der Waals surface area contributed by atoms with Gasteiger partial charge in [-0.2, -0.15) is 0 Å². The van der Waals surface area contributed by atoms with E-state index >= 15 is 0 Å². The molecule has 20 heavy (non-hydrogen) atoms. The Morgan fingerprint density at radius 2 is 1.85 bits per heavy atom. The predicted molar refractivity (Wildman–Crippen MR) is 84.3 cm³/mol. The minimum atomic E-state index is -0.198. The molecule has 1 aromatic carbocycles. The zero-order valence-corrected chi connectivity index (χ0v) is 11.5. The van der Waals surface area contributed by atoms with Crippen molar-refractivity contribution < 1.29 is 4.79 Å². The number of allylic oxidation sites excluding steroid dienone is 4. The molecule has 1 aromatic rings. The average Bonchev–Trinajstić information content (AvgIpc) is 2.49. The van der Waals surface area contributed by atoms with Crippen LogP contribution in [0.25, 0.3) is 0 Å². The van der Waals surface area contributed by atoms with Crippen LogP contribution in [0.5, 0.6) is 0 Å². The fourth-order valence-corrected chi connectivity index (χ4v) is 1.54. The molecule has 0 aromatic heterocycles. The fourth-order valence-electron chi connectivity index (χ4n) is 1.54. The maximum atomic E-state index is 11.7. The first-order valence-corrected chi connectivity index (χ1v) is 6.42. The molecule has 2 N–H and O–H groups in total. The highest BCUT2D eigenvalue weighted by atomic mass is 16.2. The normalized spacial score (nSPS) is 11.1. The molecular weight excluding hydrogens is 248 g/mol. The second-order valence-corrected chi connectivity index (χ2v) is 4.09. The molecule has 0 saturated heterocycles. The van der Waals surface area contributed by atoms with E-state index in [1.807, 2.05) is 48.6 Å². The predicted octanol–water partition coefficient (Wildman–Crippen LogP) is 3.34. The highest BCUT2D eigenvalue weighted by Gasteiger charge is 2.00. The van der Waals surface area contributed by atoms with E-state index in [-0.39, 0.29) is 6.03 Å². The number of nitrogens with one attached hydrogen (secondary N) is 2. The van der Waals surface area contributed by atoms with Gasteiger partial charge in [-0.15, -0.1) is 0 Å². The largest absolute Gasteiger partial charge is 0.334 e. The van der Waals surface area contributed by atoms with E-state index in [4.69, 9.17) is 0 Å². The number of rotatable bonds is 7. The number of carbonyl (C=O) groups is 1. The third kappa shape index (κ3) is 6.40. The number of carbonyl (C=O) groups excluding carboxylic acids is 1. The summed E-state index contributed by atoms with van der Waals surface area (Å²) in [7, 11) is 0. The zero-order valence-electron chi connectivity index (χ0n) is 11.5.